The van der Waals surface area contributed by atoms with Gasteiger partial charge in [-0.05, 0) is 12.1 Å². The quantitative estimate of drug-likeness (QED) is 0.504. The van der Waals surface area contributed by atoms with Crippen molar-refractivity contribution in [3.05, 3.63) is 36.2 Å². The molecule has 1 amide bonds. The van der Waals surface area contributed by atoms with Gasteiger partial charge in [-0.1, -0.05) is 6.07 Å². The molecule has 0 unspecified atom stereocenters. The number of aromatic nitrogens is 2. The number of carbonyl (C=O) groups excluding carboxylic acids is 1. The molecule has 0 aliphatic carbocycles. The number of nitrogens with two attached hydrogens (primary N) is 1. The minimum absolute atomic E-state index is 0.221. The summed E-state index contributed by atoms with van der Waals surface area (Å²) in [5.41, 5.74) is 7.38. The third kappa shape index (κ3) is 1.71. The molecule has 7 nitrogen and oxygen atoms in total. The van der Waals surface area contributed by atoms with Crippen molar-refractivity contribution in [1.82, 2.24) is 25.9 Å². The first-order valence-corrected chi connectivity index (χ1v) is 5.46. The SMILES string of the molecule is Nc1nc2c(C(=O)NC3NC=CN3)cccc2[nH]1. The van der Waals surface area contributed by atoms with Gasteiger partial charge in [0.1, 0.15) is 5.52 Å². The van der Waals surface area contributed by atoms with Crippen LogP contribution >= 0.6 is 0 Å². The smallest absolute Gasteiger partial charge is 0.256 e. The first-order valence-electron chi connectivity index (χ1n) is 5.46. The minimum Gasteiger partial charge on any atom is -0.369 e. The number of nitrogens with zero attached hydrogens (tertiary/aromatic N) is 1. The van der Waals surface area contributed by atoms with Crippen LogP contribution in [0.15, 0.2) is 30.6 Å². The zero-order valence-corrected chi connectivity index (χ0v) is 9.40. The van der Waals surface area contributed by atoms with Crippen LogP contribution in [0.5, 0.6) is 0 Å². The Balaban J connectivity index is 1.90. The summed E-state index contributed by atoms with van der Waals surface area (Å²) in [4.78, 5) is 19.1. The van der Waals surface area contributed by atoms with Gasteiger partial charge in [0.2, 0.25) is 0 Å². The first kappa shape index (κ1) is 10.5. The van der Waals surface area contributed by atoms with Crippen LogP contribution in [0, 0.1) is 0 Å². The lowest BCUT2D eigenvalue weighted by atomic mass is 10.1. The average Bonchev–Trinajstić information content (AvgIpc) is 2.95. The number of carbonyl (C=O) groups is 1. The highest BCUT2D eigenvalue weighted by Gasteiger charge is 2.16. The lowest BCUT2D eigenvalue weighted by Gasteiger charge is -2.14. The summed E-state index contributed by atoms with van der Waals surface area (Å²) in [6, 6.07) is 5.31. The largest absolute Gasteiger partial charge is 0.369 e. The molecular formula is C11H12N6O. The lowest BCUT2D eigenvalue weighted by Crippen LogP contribution is -2.47. The van der Waals surface area contributed by atoms with Crippen molar-refractivity contribution in [3.8, 4) is 0 Å². The highest BCUT2D eigenvalue weighted by molar-refractivity contribution is 6.05. The second-order valence-electron chi connectivity index (χ2n) is 3.90. The van der Waals surface area contributed by atoms with Crippen molar-refractivity contribution in [2.75, 3.05) is 5.73 Å². The van der Waals surface area contributed by atoms with E-state index in [0.29, 0.717) is 17.0 Å². The lowest BCUT2D eigenvalue weighted by molar-refractivity contribution is 0.0932. The van der Waals surface area contributed by atoms with E-state index in [1.54, 1.807) is 24.5 Å². The molecule has 0 fully saturated rings. The average molecular weight is 244 g/mol. The topological polar surface area (TPSA) is 108 Å². The van der Waals surface area contributed by atoms with Crippen molar-refractivity contribution in [2.24, 2.45) is 0 Å². The van der Waals surface area contributed by atoms with E-state index in [-0.39, 0.29) is 12.2 Å². The maximum atomic E-state index is 12.1. The normalized spacial score (nSPS) is 14.4. The fourth-order valence-corrected chi connectivity index (χ4v) is 1.86. The number of aromatic amines is 1. The molecule has 6 N–H and O–H groups in total. The molecule has 0 bridgehead atoms. The van der Waals surface area contributed by atoms with Gasteiger partial charge in [0.25, 0.3) is 5.91 Å². The molecule has 1 aromatic carbocycles. The highest BCUT2D eigenvalue weighted by Crippen LogP contribution is 2.17. The Morgan fingerprint density at radius 1 is 1.33 bits per heavy atom. The summed E-state index contributed by atoms with van der Waals surface area (Å²) in [6.45, 7) is 0. The molecule has 92 valence electrons. The van der Waals surface area contributed by atoms with Gasteiger partial charge < -0.3 is 26.7 Å². The van der Waals surface area contributed by atoms with Gasteiger partial charge in [-0.25, -0.2) is 4.98 Å². The number of nitrogens with one attached hydrogen (secondary N) is 4. The molecule has 0 atom stereocenters. The number of hydrogen-bond acceptors (Lipinski definition) is 5. The van der Waals surface area contributed by atoms with E-state index < -0.39 is 0 Å². The fourth-order valence-electron chi connectivity index (χ4n) is 1.86. The number of para-hydroxylation sites is 1. The second kappa shape index (κ2) is 3.95. The Kier molecular flexibility index (Phi) is 2.30. The van der Waals surface area contributed by atoms with Gasteiger partial charge in [0, 0.05) is 12.4 Å². The van der Waals surface area contributed by atoms with E-state index in [9.17, 15) is 4.79 Å². The zero-order chi connectivity index (χ0) is 12.5. The molecule has 3 rings (SSSR count). The number of H-pyrrole nitrogens is 1. The number of rotatable bonds is 2. The Labute approximate surface area is 102 Å². The number of nitrogen functional groups attached to an aromatic ring is 1. The number of anilines is 1. The number of amides is 1. The molecule has 18 heavy (non-hydrogen) atoms. The van der Waals surface area contributed by atoms with Crippen molar-refractivity contribution in [1.29, 1.82) is 0 Å². The van der Waals surface area contributed by atoms with E-state index in [4.69, 9.17) is 5.73 Å². The molecule has 0 saturated heterocycles. The molecular weight excluding hydrogens is 232 g/mol. The van der Waals surface area contributed by atoms with E-state index in [0.717, 1.165) is 5.52 Å². The number of fused-ring (bicyclic) bond motifs is 1. The van der Waals surface area contributed by atoms with Crippen LogP contribution in [0.3, 0.4) is 0 Å². The fraction of sp³-hybridized carbons (Fsp3) is 0.0909. The molecule has 0 saturated carbocycles. The Morgan fingerprint density at radius 2 is 2.11 bits per heavy atom. The summed E-state index contributed by atoms with van der Waals surface area (Å²) >= 11 is 0. The number of imidazole rings is 1. The number of hydrogen-bond donors (Lipinski definition) is 5. The van der Waals surface area contributed by atoms with Gasteiger partial charge in [-0.3, -0.25) is 4.79 Å². The molecule has 0 spiro atoms. The van der Waals surface area contributed by atoms with Crippen molar-refractivity contribution < 1.29 is 4.79 Å². The highest BCUT2D eigenvalue weighted by atomic mass is 16.2. The summed E-state index contributed by atoms with van der Waals surface area (Å²) in [7, 11) is 0. The van der Waals surface area contributed by atoms with E-state index in [1.807, 2.05) is 6.07 Å². The Bertz CT molecular complexity index is 623. The summed E-state index contributed by atoms with van der Waals surface area (Å²) in [5, 5.41) is 8.65. The summed E-state index contributed by atoms with van der Waals surface area (Å²) in [5.74, 6) is 0.0739. The molecule has 2 aromatic rings. The molecule has 1 aliphatic heterocycles. The maximum absolute atomic E-state index is 12.1. The molecule has 1 aliphatic rings. The predicted molar refractivity (Wildman–Crippen MR) is 67.2 cm³/mol. The molecule has 1 aromatic heterocycles. The van der Waals surface area contributed by atoms with Crippen LogP contribution in [0.25, 0.3) is 11.0 Å². The third-order valence-electron chi connectivity index (χ3n) is 2.66. The Morgan fingerprint density at radius 3 is 2.89 bits per heavy atom. The van der Waals surface area contributed by atoms with Crippen LogP contribution in [-0.2, 0) is 0 Å². The van der Waals surface area contributed by atoms with Crippen LogP contribution in [0.2, 0.25) is 0 Å². The van der Waals surface area contributed by atoms with Crippen molar-refractivity contribution >= 4 is 22.9 Å². The van der Waals surface area contributed by atoms with E-state index in [2.05, 4.69) is 25.9 Å². The zero-order valence-electron chi connectivity index (χ0n) is 9.40. The van der Waals surface area contributed by atoms with Crippen LogP contribution < -0.4 is 21.7 Å². The number of benzene rings is 1. The first-order chi connectivity index (χ1) is 8.74. The summed E-state index contributed by atoms with van der Waals surface area (Å²) < 4.78 is 0. The monoisotopic (exact) mass is 244 g/mol. The van der Waals surface area contributed by atoms with Crippen LogP contribution in [-0.4, -0.2) is 22.2 Å². The summed E-state index contributed by atoms with van der Waals surface area (Å²) in [6.07, 6.45) is 3.14. The van der Waals surface area contributed by atoms with E-state index >= 15 is 0 Å². The van der Waals surface area contributed by atoms with Gasteiger partial charge in [0.15, 0.2) is 12.2 Å². The third-order valence-corrected chi connectivity index (χ3v) is 2.66. The van der Waals surface area contributed by atoms with Crippen molar-refractivity contribution in [3.63, 3.8) is 0 Å². The van der Waals surface area contributed by atoms with Crippen LogP contribution in [0.1, 0.15) is 10.4 Å². The molecule has 2 heterocycles. The molecule has 7 heteroatoms. The van der Waals surface area contributed by atoms with Gasteiger partial charge in [-0.15, -0.1) is 0 Å². The minimum atomic E-state index is -0.302. The standard InChI is InChI=1S/C11H12N6O/c12-10-15-7-3-1-2-6(8(7)16-10)9(18)17-11-13-4-5-14-11/h1-5,11,13-14H,(H,17,18)(H3,12,15,16). The maximum Gasteiger partial charge on any atom is 0.256 e. The van der Waals surface area contributed by atoms with Crippen LogP contribution in [0.4, 0.5) is 5.95 Å². The van der Waals surface area contributed by atoms with Gasteiger partial charge in [0.05, 0.1) is 11.1 Å². The van der Waals surface area contributed by atoms with Gasteiger partial charge >= 0.3 is 0 Å². The predicted octanol–water partition coefficient (Wildman–Crippen LogP) is -0.178. The van der Waals surface area contributed by atoms with E-state index in [1.165, 1.54) is 0 Å². The second-order valence-corrected chi connectivity index (χ2v) is 3.90. The molecule has 0 radical (unpaired) electrons. The van der Waals surface area contributed by atoms with Crippen molar-refractivity contribution in [2.45, 2.75) is 6.29 Å². The van der Waals surface area contributed by atoms with Gasteiger partial charge in [-0.2, -0.15) is 0 Å². The Hall–Kier alpha value is -2.70.